The summed E-state index contributed by atoms with van der Waals surface area (Å²) in [5, 5.41) is 6.17. The van der Waals surface area contributed by atoms with E-state index in [-0.39, 0.29) is 7.43 Å². The third kappa shape index (κ3) is 31.9. The average molecular weight is 277 g/mol. The molecule has 120 valence electrons. The zero-order chi connectivity index (χ0) is 14.2. The number of ether oxygens (including phenoxy) is 1. The summed E-state index contributed by atoms with van der Waals surface area (Å²) >= 11 is 0. The number of nitrogens with zero attached hydrogens (tertiary/aromatic N) is 1. The Labute approximate surface area is 122 Å². The van der Waals surface area contributed by atoms with Gasteiger partial charge in [0.05, 0.1) is 0 Å². The summed E-state index contributed by atoms with van der Waals surface area (Å²) in [7, 11) is 8.13. The van der Waals surface area contributed by atoms with Gasteiger partial charge in [0, 0.05) is 13.2 Å². The van der Waals surface area contributed by atoms with Crippen molar-refractivity contribution in [3.63, 3.8) is 0 Å². The van der Waals surface area contributed by atoms with Crippen molar-refractivity contribution in [2.24, 2.45) is 5.92 Å². The van der Waals surface area contributed by atoms with E-state index < -0.39 is 0 Å². The minimum absolute atomic E-state index is 0. The van der Waals surface area contributed by atoms with Crippen molar-refractivity contribution in [2.45, 2.75) is 34.1 Å². The van der Waals surface area contributed by atoms with Gasteiger partial charge in [-0.05, 0) is 66.6 Å². The van der Waals surface area contributed by atoms with E-state index in [4.69, 9.17) is 4.74 Å². The highest BCUT2D eigenvalue weighted by atomic mass is 16.5. The Bertz CT molecular complexity index is 141. The number of rotatable bonds is 10. The van der Waals surface area contributed by atoms with Gasteiger partial charge in [-0.25, -0.2) is 0 Å². The summed E-state index contributed by atoms with van der Waals surface area (Å²) in [5.41, 5.74) is 0. The van der Waals surface area contributed by atoms with Gasteiger partial charge in [0.25, 0.3) is 0 Å². The molecule has 0 saturated carbocycles. The van der Waals surface area contributed by atoms with Crippen LogP contribution in [-0.2, 0) is 4.74 Å². The van der Waals surface area contributed by atoms with Gasteiger partial charge in [-0.2, -0.15) is 0 Å². The van der Waals surface area contributed by atoms with Crippen molar-refractivity contribution in [3.05, 3.63) is 0 Å². The molecule has 0 unspecified atom stereocenters. The summed E-state index contributed by atoms with van der Waals surface area (Å²) in [6.45, 7) is 9.47. The van der Waals surface area contributed by atoms with E-state index in [2.05, 4.69) is 43.5 Å². The zero-order valence-electron chi connectivity index (χ0n) is 13.4. The van der Waals surface area contributed by atoms with Crippen molar-refractivity contribution < 1.29 is 4.74 Å². The second-order valence-corrected chi connectivity index (χ2v) is 5.19. The molecule has 0 bridgehead atoms. The molecule has 0 aliphatic rings. The molecule has 0 aliphatic heterocycles. The minimum Gasteiger partial charge on any atom is -0.381 e. The van der Waals surface area contributed by atoms with Crippen LogP contribution in [0.15, 0.2) is 0 Å². The van der Waals surface area contributed by atoms with Gasteiger partial charge in [-0.1, -0.05) is 21.3 Å². The lowest BCUT2D eigenvalue weighted by Gasteiger charge is -2.07. The molecule has 0 fully saturated rings. The van der Waals surface area contributed by atoms with Crippen LogP contribution in [0.1, 0.15) is 34.1 Å². The van der Waals surface area contributed by atoms with Crippen LogP contribution in [0.3, 0.4) is 0 Å². The Morgan fingerprint density at radius 1 is 1.00 bits per heavy atom. The van der Waals surface area contributed by atoms with Crippen molar-refractivity contribution in [3.8, 4) is 0 Å². The molecule has 0 radical (unpaired) electrons. The first-order valence-corrected chi connectivity index (χ1v) is 7.06. The van der Waals surface area contributed by atoms with E-state index in [0.29, 0.717) is 5.92 Å². The fraction of sp³-hybridized carbons (Fsp3) is 1.00. The van der Waals surface area contributed by atoms with E-state index in [1.807, 2.05) is 14.1 Å². The normalized spacial score (nSPS) is 10.1. The lowest BCUT2D eigenvalue weighted by atomic mass is 10.2. The third-order valence-corrected chi connectivity index (χ3v) is 2.20. The van der Waals surface area contributed by atoms with E-state index in [1.54, 1.807) is 0 Å². The Morgan fingerprint density at radius 3 is 1.95 bits per heavy atom. The van der Waals surface area contributed by atoms with Crippen LogP contribution in [0.25, 0.3) is 0 Å². The Morgan fingerprint density at radius 2 is 1.53 bits per heavy atom. The van der Waals surface area contributed by atoms with Crippen LogP contribution in [0.4, 0.5) is 0 Å². The van der Waals surface area contributed by atoms with E-state index in [0.717, 1.165) is 32.7 Å². The maximum absolute atomic E-state index is 5.36. The van der Waals surface area contributed by atoms with E-state index in [9.17, 15) is 0 Å². The van der Waals surface area contributed by atoms with Crippen molar-refractivity contribution in [2.75, 3.05) is 61.0 Å². The van der Waals surface area contributed by atoms with Crippen molar-refractivity contribution in [1.29, 1.82) is 0 Å². The molecular weight excluding hydrogens is 238 g/mol. The Hall–Kier alpha value is -0.160. The van der Waals surface area contributed by atoms with Gasteiger partial charge < -0.3 is 20.3 Å². The molecule has 0 aromatic heterocycles. The Balaban J connectivity index is -0.000000262. The van der Waals surface area contributed by atoms with Gasteiger partial charge in [-0.3, -0.25) is 0 Å². The molecular formula is C15H39N3O. The standard InChI is InChI=1S/C8H19NO.C6H16N2.CH4/c1-8(2)7-10-6-4-5-9-3;1-7-5-4-6-8(2)3;/h8-9H,4-7H2,1-3H3;7H,4-6H2,1-3H3;1H4. The maximum Gasteiger partial charge on any atom is 0.0489 e. The SMILES string of the molecule is C.CNCCCN(C)C.CNCCCOCC(C)C. The number of nitrogens with one attached hydrogen (secondary N) is 2. The minimum atomic E-state index is 0. The molecule has 0 aromatic rings. The van der Waals surface area contributed by atoms with Crippen molar-refractivity contribution in [1.82, 2.24) is 15.5 Å². The summed E-state index contributed by atoms with van der Waals surface area (Å²) in [6.07, 6.45) is 2.35. The average Bonchev–Trinajstić information content (AvgIpc) is 2.29. The molecule has 0 saturated heterocycles. The molecule has 4 heteroatoms. The molecule has 0 rings (SSSR count). The summed E-state index contributed by atoms with van der Waals surface area (Å²) in [5.74, 6) is 0.662. The molecule has 0 aliphatic carbocycles. The van der Waals surface area contributed by atoms with Crippen LogP contribution in [0.5, 0.6) is 0 Å². The second-order valence-electron chi connectivity index (χ2n) is 5.19. The molecule has 0 aromatic carbocycles. The van der Waals surface area contributed by atoms with Crippen LogP contribution in [0, 0.1) is 5.92 Å². The third-order valence-electron chi connectivity index (χ3n) is 2.20. The molecule has 2 N–H and O–H groups in total. The lowest BCUT2D eigenvalue weighted by molar-refractivity contribution is 0.108. The van der Waals surface area contributed by atoms with E-state index in [1.165, 1.54) is 13.0 Å². The largest absolute Gasteiger partial charge is 0.381 e. The molecule has 0 atom stereocenters. The second kappa shape index (κ2) is 20.2. The van der Waals surface area contributed by atoms with Crippen LogP contribution in [-0.4, -0.2) is 65.9 Å². The maximum atomic E-state index is 5.36. The van der Waals surface area contributed by atoms with Gasteiger partial charge in [0.15, 0.2) is 0 Å². The smallest absolute Gasteiger partial charge is 0.0489 e. The first-order valence-electron chi connectivity index (χ1n) is 7.06. The fourth-order valence-corrected chi connectivity index (χ4v) is 1.24. The number of hydrogen-bond donors (Lipinski definition) is 2. The molecule has 0 spiro atoms. The Kier molecular flexibility index (Phi) is 25.4. The fourth-order valence-electron chi connectivity index (χ4n) is 1.24. The topological polar surface area (TPSA) is 36.5 Å². The van der Waals surface area contributed by atoms with Gasteiger partial charge in [0.1, 0.15) is 0 Å². The predicted molar refractivity (Wildman–Crippen MR) is 88.0 cm³/mol. The van der Waals surface area contributed by atoms with Crippen LogP contribution < -0.4 is 10.6 Å². The highest BCUT2D eigenvalue weighted by Gasteiger charge is 1.92. The van der Waals surface area contributed by atoms with Gasteiger partial charge >= 0.3 is 0 Å². The van der Waals surface area contributed by atoms with Crippen molar-refractivity contribution >= 4 is 0 Å². The molecule has 0 heterocycles. The quantitative estimate of drug-likeness (QED) is 0.599. The number of hydrogen-bond acceptors (Lipinski definition) is 4. The molecule has 19 heavy (non-hydrogen) atoms. The van der Waals surface area contributed by atoms with Crippen LogP contribution >= 0.6 is 0 Å². The van der Waals surface area contributed by atoms with E-state index >= 15 is 0 Å². The summed E-state index contributed by atoms with van der Waals surface area (Å²) in [4.78, 5) is 2.19. The highest BCUT2D eigenvalue weighted by Crippen LogP contribution is 1.92. The van der Waals surface area contributed by atoms with Crippen LogP contribution in [0.2, 0.25) is 0 Å². The monoisotopic (exact) mass is 277 g/mol. The molecule has 0 amide bonds. The summed E-state index contributed by atoms with van der Waals surface area (Å²) < 4.78 is 5.36. The van der Waals surface area contributed by atoms with Gasteiger partial charge in [-0.15, -0.1) is 0 Å². The molecule has 4 nitrogen and oxygen atoms in total. The first kappa shape index (κ1) is 23.9. The summed E-state index contributed by atoms with van der Waals surface area (Å²) in [6, 6.07) is 0. The predicted octanol–water partition coefficient (Wildman–Crippen LogP) is 2.06. The highest BCUT2D eigenvalue weighted by molar-refractivity contribution is 4.45. The first-order chi connectivity index (χ1) is 8.54. The lowest BCUT2D eigenvalue weighted by Crippen LogP contribution is -2.18. The zero-order valence-corrected chi connectivity index (χ0v) is 13.4. The van der Waals surface area contributed by atoms with Gasteiger partial charge in [0.2, 0.25) is 0 Å².